The topological polar surface area (TPSA) is 32.3 Å². The first-order chi connectivity index (χ1) is 11.4. The third-order valence-corrected chi connectivity index (χ3v) is 4.27. The molecule has 0 aliphatic carbocycles. The summed E-state index contributed by atoms with van der Waals surface area (Å²) < 4.78 is 13.8. The molecule has 0 aliphatic heterocycles. The van der Waals surface area contributed by atoms with Crippen molar-refractivity contribution in [2.45, 2.75) is 33.0 Å². The summed E-state index contributed by atoms with van der Waals surface area (Å²) in [4.78, 5) is 14.4. The molecular formula is C19H22ClFN2O. The first kappa shape index (κ1) is 18.4. The van der Waals surface area contributed by atoms with Crippen LogP contribution < -0.4 is 5.32 Å². The Hall–Kier alpha value is -1.91. The maximum absolute atomic E-state index is 13.8. The predicted molar refractivity (Wildman–Crippen MR) is 95.6 cm³/mol. The minimum Gasteiger partial charge on any atom is -0.348 e. The molecule has 0 aliphatic rings. The number of hydrogen-bond acceptors (Lipinski definition) is 2. The molecule has 0 bridgehead atoms. The standard InChI is InChI=1S/C19H22ClFN2O/c1-13(2)23(3)12-15-7-5-4-6-14(15)11-22-19(24)17-10-16(20)8-9-18(17)21/h4-10,13H,11-12H2,1-3H3,(H,22,24). The van der Waals surface area contributed by atoms with Crippen LogP contribution in [0, 0.1) is 5.82 Å². The summed E-state index contributed by atoms with van der Waals surface area (Å²) in [6, 6.07) is 12.3. The van der Waals surface area contributed by atoms with Crippen molar-refractivity contribution in [2.24, 2.45) is 0 Å². The van der Waals surface area contributed by atoms with Gasteiger partial charge in [0.15, 0.2) is 0 Å². The summed E-state index contributed by atoms with van der Waals surface area (Å²) in [6.07, 6.45) is 0. The monoisotopic (exact) mass is 348 g/mol. The summed E-state index contributed by atoms with van der Waals surface area (Å²) >= 11 is 5.84. The summed E-state index contributed by atoms with van der Waals surface area (Å²) in [5, 5.41) is 3.10. The molecular weight excluding hydrogens is 327 g/mol. The highest BCUT2D eigenvalue weighted by Gasteiger charge is 2.13. The second-order valence-corrected chi connectivity index (χ2v) is 6.52. The highest BCUT2D eigenvalue weighted by atomic mass is 35.5. The number of rotatable bonds is 6. The van der Waals surface area contributed by atoms with Gasteiger partial charge in [0.2, 0.25) is 0 Å². The van der Waals surface area contributed by atoms with E-state index in [1.54, 1.807) is 0 Å². The number of nitrogens with one attached hydrogen (secondary N) is 1. The Morgan fingerprint density at radius 2 is 1.88 bits per heavy atom. The molecule has 0 heterocycles. The smallest absolute Gasteiger partial charge is 0.254 e. The zero-order valence-electron chi connectivity index (χ0n) is 14.1. The van der Waals surface area contributed by atoms with E-state index in [1.165, 1.54) is 18.2 Å². The molecule has 24 heavy (non-hydrogen) atoms. The van der Waals surface area contributed by atoms with Gasteiger partial charge in [-0.2, -0.15) is 0 Å². The lowest BCUT2D eigenvalue weighted by Crippen LogP contribution is -2.28. The van der Waals surface area contributed by atoms with Crippen LogP contribution in [0.4, 0.5) is 4.39 Å². The molecule has 3 nitrogen and oxygen atoms in total. The maximum Gasteiger partial charge on any atom is 0.254 e. The van der Waals surface area contributed by atoms with Gasteiger partial charge in [-0.15, -0.1) is 0 Å². The molecule has 0 saturated heterocycles. The van der Waals surface area contributed by atoms with Gasteiger partial charge in [-0.05, 0) is 50.2 Å². The molecule has 2 aromatic rings. The highest BCUT2D eigenvalue weighted by molar-refractivity contribution is 6.31. The third kappa shape index (κ3) is 4.79. The van der Waals surface area contributed by atoms with E-state index in [0.29, 0.717) is 17.6 Å². The fraction of sp³-hybridized carbons (Fsp3) is 0.316. The highest BCUT2D eigenvalue weighted by Crippen LogP contribution is 2.16. The third-order valence-electron chi connectivity index (χ3n) is 4.03. The lowest BCUT2D eigenvalue weighted by Gasteiger charge is -2.22. The van der Waals surface area contributed by atoms with Crippen molar-refractivity contribution in [1.29, 1.82) is 0 Å². The van der Waals surface area contributed by atoms with Crippen molar-refractivity contribution < 1.29 is 9.18 Å². The van der Waals surface area contributed by atoms with Gasteiger partial charge in [0.05, 0.1) is 5.56 Å². The fourth-order valence-corrected chi connectivity index (χ4v) is 2.45. The average Bonchev–Trinajstić information content (AvgIpc) is 2.55. The van der Waals surface area contributed by atoms with Crippen LogP contribution in [0.3, 0.4) is 0 Å². The molecule has 5 heteroatoms. The summed E-state index contributed by atoms with van der Waals surface area (Å²) in [6.45, 7) is 5.39. The van der Waals surface area contributed by atoms with E-state index < -0.39 is 11.7 Å². The van der Waals surface area contributed by atoms with E-state index in [9.17, 15) is 9.18 Å². The molecule has 0 radical (unpaired) electrons. The summed E-state index contributed by atoms with van der Waals surface area (Å²) in [5.74, 6) is -1.05. The van der Waals surface area contributed by atoms with Crippen LogP contribution in [0.25, 0.3) is 0 Å². The number of benzene rings is 2. The predicted octanol–water partition coefficient (Wildman–Crippen LogP) is 4.25. The zero-order chi connectivity index (χ0) is 17.7. The van der Waals surface area contributed by atoms with Crippen LogP contribution in [0.2, 0.25) is 5.02 Å². The number of carbonyl (C=O) groups excluding carboxylic acids is 1. The summed E-state index contributed by atoms with van der Waals surface area (Å²) in [7, 11) is 2.06. The van der Waals surface area contributed by atoms with E-state index >= 15 is 0 Å². The molecule has 0 saturated carbocycles. The molecule has 0 aromatic heterocycles. The van der Waals surface area contributed by atoms with Crippen molar-refractivity contribution in [3.63, 3.8) is 0 Å². The van der Waals surface area contributed by atoms with Gasteiger partial charge in [-0.25, -0.2) is 4.39 Å². The SMILES string of the molecule is CC(C)N(C)Cc1ccccc1CNC(=O)c1cc(Cl)ccc1F. The molecule has 0 fully saturated rings. The Balaban J connectivity index is 2.09. The minimum atomic E-state index is -0.579. The normalized spacial score (nSPS) is 11.1. The van der Waals surface area contributed by atoms with Crippen molar-refractivity contribution in [3.8, 4) is 0 Å². The van der Waals surface area contributed by atoms with Crippen LogP contribution in [0.5, 0.6) is 0 Å². The number of halogens is 2. The Morgan fingerprint density at radius 3 is 2.54 bits per heavy atom. The van der Waals surface area contributed by atoms with E-state index in [-0.39, 0.29) is 5.56 Å². The molecule has 0 spiro atoms. The van der Waals surface area contributed by atoms with E-state index in [2.05, 4.69) is 31.1 Å². The lowest BCUT2D eigenvalue weighted by molar-refractivity contribution is 0.0946. The zero-order valence-corrected chi connectivity index (χ0v) is 14.9. The van der Waals surface area contributed by atoms with Crippen molar-refractivity contribution >= 4 is 17.5 Å². The van der Waals surface area contributed by atoms with Crippen molar-refractivity contribution in [3.05, 3.63) is 70.0 Å². The van der Waals surface area contributed by atoms with E-state index in [4.69, 9.17) is 11.6 Å². The van der Waals surface area contributed by atoms with Gasteiger partial charge in [0.1, 0.15) is 5.82 Å². The Morgan fingerprint density at radius 1 is 1.21 bits per heavy atom. The Labute approximate surface area is 147 Å². The van der Waals surface area contributed by atoms with E-state index in [0.717, 1.165) is 17.7 Å². The van der Waals surface area contributed by atoms with Crippen molar-refractivity contribution in [1.82, 2.24) is 10.2 Å². The minimum absolute atomic E-state index is 0.0423. The molecule has 2 aromatic carbocycles. The van der Waals surface area contributed by atoms with Crippen LogP contribution >= 0.6 is 11.6 Å². The fourth-order valence-electron chi connectivity index (χ4n) is 2.28. The number of carbonyl (C=O) groups is 1. The quantitative estimate of drug-likeness (QED) is 0.846. The number of hydrogen-bond donors (Lipinski definition) is 1. The second kappa shape index (κ2) is 8.27. The van der Waals surface area contributed by atoms with Crippen LogP contribution in [0.15, 0.2) is 42.5 Å². The second-order valence-electron chi connectivity index (χ2n) is 6.08. The Kier molecular flexibility index (Phi) is 6.35. The van der Waals surface area contributed by atoms with Crippen LogP contribution in [-0.2, 0) is 13.1 Å². The van der Waals surface area contributed by atoms with Gasteiger partial charge < -0.3 is 5.32 Å². The number of nitrogens with zero attached hydrogens (tertiary/aromatic N) is 1. The number of amides is 1. The van der Waals surface area contributed by atoms with Gasteiger partial charge in [-0.1, -0.05) is 35.9 Å². The lowest BCUT2D eigenvalue weighted by atomic mass is 10.1. The van der Waals surface area contributed by atoms with Crippen LogP contribution in [0.1, 0.15) is 35.3 Å². The Bertz CT molecular complexity index is 718. The van der Waals surface area contributed by atoms with Gasteiger partial charge in [-0.3, -0.25) is 9.69 Å². The maximum atomic E-state index is 13.8. The van der Waals surface area contributed by atoms with Gasteiger partial charge >= 0.3 is 0 Å². The van der Waals surface area contributed by atoms with E-state index in [1.807, 2.05) is 24.3 Å². The molecule has 128 valence electrons. The van der Waals surface area contributed by atoms with Gasteiger partial charge in [0, 0.05) is 24.2 Å². The van der Waals surface area contributed by atoms with Crippen molar-refractivity contribution in [2.75, 3.05) is 7.05 Å². The molecule has 1 amide bonds. The average molecular weight is 349 g/mol. The first-order valence-electron chi connectivity index (χ1n) is 7.88. The van der Waals surface area contributed by atoms with Crippen LogP contribution in [-0.4, -0.2) is 23.9 Å². The largest absolute Gasteiger partial charge is 0.348 e. The molecule has 0 unspecified atom stereocenters. The van der Waals surface area contributed by atoms with Gasteiger partial charge in [0.25, 0.3) is 5.91 Å². The molecule has 2 rings (SSSR count). The summed E-state index contributed by atoms with van der Waals surface area (Å²) in [5.41, 5.74) is 2.11. The molecule has 0 atom stereocenters. The first-order valence-corrected chi connectivity index (χ1v) is 8.26. The molecule has 1 N–H and O–H groups in total.